The molecule has 0 aliphatic heterocycles. The van der Waals surface area contributed by atoms with Gasteiger partial charge in [-0.05, 0) is 23.8 Å². The van der Waals surface area contributed by atoms with Crippen molar-refractivity contribution in [1.29, 1.82) is 0 Å². The van der Waals surface area contributed by atoms with E-state index in [0.717, 1.165) is 0 Å². The van der Waals surface area contributed by atoms with Crippen LogP contribution in [0.1, 0.15) is 5.56 Å². The highest BCUT2D eigenvalue weighted by atomic mass is 35.5. The fourth-order valence-electron chi connectivity index (χ4n) is 0.804. The second-order valence-electron chi connectivity index (χ2n) is 2.11. The molecule has 11 heavy (non-hydrogen) atoms. The van der Waals surface area contributed by atoms with E-state index in [0.29, 0.717) is 10.6 Å². The van der Waals surface area contributed by atoms with Crippen LogP contribution >= 0.6 is 11.6 Å². The first-order chi connectivity index (χ1) is 5.22. The Bertz CT molecular complexity index is 234. The summed E-state index contributed by atoms with van der Waals surface area (Å²) in [5.74, 6) is -0.400. The van der Waals surface area contributed by atoms with Gasteiger partial charge in [-0.15, -0.1) is 0 Å². The van der Waals surface area contributed by atoms with Gasteiger partial charge in [-0.25, -0.2) is 9.87 Å². The van der Waals surface area contributed by atoms with Gasteiger partial charge in [-0.3, -0.25) is 0 Å². The first-order valence-electron chi connectivity index (χ1n) is 3.04. The molecule has 60 valence electrons. The molecule has 1 rings (SSSR count). The molecule has 0 fully saturated rings. The zero-order chi connectivity index (χ0) is 8.27. The maximum absolute atomic E-state index is 12.6. The molecule has 0 spiro atoms. The standard InChI is InChI=1S/C7H7ClFNO/c8-6-1-5(4-10-11)2-7(9)3-6/h1-3,10-11H,4H2. The molecule has 1 aromatic rings. The van der Waals surface area contributed by atoms with Crippen LogP contribution in [-0.4, -0.2) is 5.21 Å². The van der Waals surface area contributed by atoms with Crippen molar-refractivity contribution in [3.05, 3.63) is 34.6 Å². The van der Waals surface area contributed by atoms with E-state index >= 15 is 0 Å². The Kier molecular flexibility index (Phi) is 2.82. The number of rotatable bonds is 2. The maximum Gasteiger partial charge on any atom is 0.125 e. The summed E-state index contributed by atoms with van der Waals surface area (Å²) in [6.07, 6.45) is 0. The number of nitrogens with one attached hydrogen (secondary N) is 1. The number of hydrogen-bond donors (Lipinski definition) is 2. The van der Waals surface area contributed by atoms with E-state index in [1.165, 1.54) is 12.1 Å². The van der Waals surface area contributed by atoms with Crippen LogP contribution in [0.25, 0.3) is 0 Å². The van der Waals surface area contributed by atoms with E-state index in [9.17, 15) is 4.39 Å². The molecule has 0 aliphatic rings. The van der Waals surface area contributed by atoms with Gasteiger partial charge in [0.2, 0.25) is 0 Å². The summed E-state index contributed by atoms with van der Waals surface area (Å²) in [6.45, 7) is 0.192. The van der Waals surface area contributed by atoms with Crippen molar-refractivity contribution in [3.8, 4) is 0 Å². The summed E-state index contributed by atoms with van der Waals surface area (Å²) >= 11 is 5.54. The van der Waals surface area contributed by atoms with Gasteiger partial charge in [0.1, 0.15) is 5.82 Å². The molecule has 0 saturated heterocycles. The summed E-state index contributed by atoms with van der Waals surface area (Å²) in [5, 5.41) is 8.61. The van der Waals surface area contributed by atoms with E-state index in [1.54, 1.807) is 6.07 Å². The van der Waals surface area contributed by atoms with Crippen LogP contribution in [0.5, 0.6) is 0 Å². The highest BCUT2D eigenvalue weighted by molar-refractivity contribution is 6.30. The molecule has 0 unspecified atom stereocenters. The number of hydroxylamine groups is 1. The molecule has 0 heterocycles. The lowest BCUT2D eigenvalue weighted by Crippen LogP contribution is -2.06. The highest BCUT2D eigenvalue weighted by Gasteiger charge is 1.97. The fraction of sp³-hybridized carbons (Fsp3) is 0.143. The van der Waals surface area contributed by atoms with Crippen molar-refractivity contribution in [3.63, 3.8) is 0 Å². The van der Waals surface area contributed by atoms with Gasteiger partial charge in [0.15, 0.2) is 0 Å². The SMILES string of the molecule is ONCc1cc(F)cc(Cl)c1. The summed E-state index contributed by atoms with van der Waals surface area (Å²) in [6, 6.07) is 4.09. The van der Waals surface area contributed by atoms with E-state index in [-0.39, 0.29) is 6.54 Å². The molecule has 0 radical (unpaired) electrons. The Labute approximate surface area is 68.6 Å². The Balaban J connectivity index is 2.89. The lowest BCUT2D eigenvalue weighted by molar-refractivity contribution is 0.161. The van der Waals surface area contributed by atoms with Gasteiger partial charge in [0, 0.05) is 11.6 Å². The minimum absolute atomic E-state index is 0.192. The number of halogens is 2. The second-order valence-corrected chi connectivity index (χ2v) is 2.55. The first kappa shape index (κ1) is 8.46. The monoisotopic (exact) mass is 175 g/mol. The van der Waals surface area contributed by atoms with Crippen LogP contribution in [0, 0.1) is 5.82 Å². The van der Waals surface area contributed by atoms with Gasteiger partial charge in [0.05, 0.1) is 0 Å². The minimum Gasteiger partial charge on any atom is -0.316 e. The summed E-state index contributed by atoms with van der Waals surface area (Å²) in [4.78, 5) is 0. The molecule has 0 aromatic heterocycles. The van der Waals surface area contributed by atoms with Crippen molar-refractivity contribution in [2.45, 2.75) is 6.54 Å². The van der Waals surface area contributed by atoms with Crippen LogP contribution in [0.2, 0.25) is 5.02 Å². The third-order valence-electron chi connectivity index (χ3n) is 1.21. The molecule has 0 saturated carbocycles. The Hall–Kier alpha value is -0.640. The largest absolute Gasteiger partial charge is 0.316 e. The van der Waals surface area contributed by atoms with Crippen molar-refractivity contribution in [2.24, 2.45) is 0 Å². The molecule has 1 aromatic carbocycles. The summed E-state index contributed by atoms with van der Waals surface area (Å²) < 4.78 is 12.6. The predicted octanol–water partition coefficient (Wildman–Crippen LogP) is 1.96. The van der Waals surface area contributed by atoms with Gasteiger partial charge < -0.3 is 5.21 Å². The van der Waals surface area contributed by atoms with Gasteiger partial charge in [0.25, 0.3) is 0 Å². The Morgan fingerprint density at radius 2 is 2.18 bits per heavy atom. The van der Waals surface area contributed by atoms with Gasteiger partial charge in [-0.1, -0.05) is 11.6 Å². The molecule has 2 nitrogen and oxygen atoms in total. The zero-order valence-electron chi connectivity index (χ0n) is 5.64. The van der Waals surface area contributed by atoms with Crippen LogP contribution in [-0.2, 0) is 6.54 Å². The van der Waals surface area contributed by atoms with Crippen molar-refractivity contribution in [1.82, 2.24) is 5.48 Å². The number of hydrogen-bond acceptors (Lipinski definition) is 2. The molecule has 0 amide bonds. The van der Waals surface area contributed by atoms with Crippen molar-refractivity contribution >= 4 is 11.6 Å². The second kappa shape index (κ2) is 3.67. The highest BCUT2D eigenvalue weighted by Crippen LogP contribution is 2.13. The molecular weight excluding hydrogens is 169 g/mol. The number of benzene rings is 1. The fourth-order valence-corrected chi connectivity index (χ4v) is 1.05. The van der Waals surface area contributed by atoms with Gasteiger partial charge in [-0.2, -0.15) is 0 Å². The quantitative estimate of drug-likeness (QED) is 0.674. The molecule has 0 bridgehead atoms. The Morgan fingerprint density at radius 1 is 1.45 bits per heavy atom. The van der Waals surface area contributed by atoms with Crippen LogP contribution in [0.15, 0.2) is 18.2 Å². The molecule has 2 N–H and O–H groups in total. The average molecular weight is 176 g/mol. The summed E-state index contributed by atoms with van der Waals surface area (Å²) in [7, 11) is 0. The smallest absolute Gasteiger partial charge is 0.125 e. The zero-order valence-corrected chi connectivity index (χ0v) is 6.40. The Morgan fingerprint density at radius 3 is 2.73 bits per heavy atom. The predicted molar refractivity (Wildman–Crippen MR) is 40.0 cm³/mol. The molecular formula is C7H7ClFNO. The lowest BCUT2D eigenvalue weighted by atomic mass is 10.2. The topological polar surface area (TPSA) is 32.3 Å². The summed E-state index contributed by atoms with van der Waals surface area (Å²) in [5.41, 5.74) is 2.52. The van der Waals surface area contributed by atoms with Crippen LogP contribution in [0.3, 0.4) is 0 Å². The third kappa shape index (κ3) is 2.46. The van der Waals surface area contributed by atoms with Crippen molar-refractivity contribution < 1.29 is 9.60 Å². The molecule has 0 aliphatic carbocycles. The van der Waals surface area contributed by atoms with Crippen LogP contribution < -0.4 is 5.48 Å². The van der Waals surface area contributed by atoms with E-state index in [2.05, 4.69) is 0 Å². The average Bonchev–Trinajstić information content (AvgIpc) is 1.85. The molecule has 4 heteroatoms. The maximum atomic E-state index is 12.6. The normalized spacial score (nSPS) is 10.1. The van der Waals surface area contributed by atoms with E-state index in [1.807, 2.05) is 5.48 Å². The minimum atomic E-state index is -0.400. The molecule has 0 atom stereocenters. The van der Waals surface area contributed by atoms with E-state index < -0.39 is 5.82 Å². The van der Waals surface area contributed by atoms with E-state index in [4.69, 9.17) is 16.8 Å². The first-order valence-corrected chi connectivity index (χ1v) is 3.42. The van der Waals surface area contributed by atoms with Gasteiger partial charge >= 0.3 is 0 Å². The van der Waals surface area contributed by atoms with Crippen molar-refractivity contribution in [2.75, 3.05) is 0 Å². The van der Waals surface area contributed by atoms with Crippen LogP contribution in [0.4, 0.5) is 4.39 Å². The third-order valence-corrected chi connectivity index (χ3v) is 1.42. The lowest BCUT2D eigenvalue weighted by Gasteiger charge is -1.99.